The van der Waals surface area contributed by atoms with Crippen LogP contribution in [0.1, 0.15) is 6.42 Å². The van der Waals surface area contributed by atoms with E-state index in [1.165, 1.54) is 17.8 Å². The van der Waals surface area contributed by atoms with E-state index in [1.54, 1.807) is 24.3 Å². The van der Waals surface area contributed by atoms with E-state index in [4.69, 9.17) is 16.3 Å². The Morgan fingerprint density at radius 2 is 1.91 bits per heavy atom. The number of rotatable bonds is 7. The highest BCUT2D eigenvalue weighted by molar-refractivity contribution is 6.30. The molecule has 0 spiro atoms. The Morgan fingerprint density at radius 3 is 2.64 bits per heavy atom. The minimum atomic E-state index is -0.614. The maximum absolute atomic E-state index is 12.9. The molecule has 3 aromatic rings. The molecule has 1 aromatic carbocycles. The van der Waals surface area contributed by atoms with Gasteiger partial charge in [0.05, 0.1) is 13.2 Å². The second kappa shape index (κ2) is 10.2. The summed E-state index contributed by atoms with van der Waals surface area (Å²) < 4.78 is 7.48. The van der Waals surface area contributed by atoms with Gasteiger partial charge in [0, 0.05) is 43.5 Å². The number of halogens is 1. The molecule has 1 saturated heterocycles. The molecule has 0 bridgehead atoms. The summed E-state index contributed by atoms with van der Waals surface area (Å²) in [6, 6.07) is 6.93. The third-order valence-electron chi connectivity index (χ3n) is 5.56. The average molecular weight is 473 g/mol. The maximum Gasteiger partial charge on any atom is 0.332 e. The Balaban J connectivity index is 1.48. The van der Waals surface area contributed by atoms with Crippen LogP contribution in [0.4, 0.5) is 0 Å². The topological polar surface area (TPSA) is 111 Å². The molecule has 33 heavy (non-hydrogen) atoms. The Kier molecular flexibility index (Phi) is 7.17. The van der Waals surface area contributed by atoms with Crippen LogP contribution in [0.15, 0.2) is 40.1 Å². The second-order valence-corrected chi connectivity index (χ2v) is 8.26. The van der Waals surface area contributed by atoms with Gasteiger partial charge >= 0.3 is 5.69 Å². The minimum absolute atomic E-state index is 0.162. The molecular formula is C22H25ClN6O4. The lowest BCUT2D eigenvalue weighted by Crippen LogP contribution is -2.44. The molecule has 0 atom stereocenters. The van der Waals surface area contributed by atoms with Crippen LogP contribution in [0, 0.1) is 0 Å². The summed E-state index contributed by atoms with van der Waals surface area (Å²) in [7, 11) is 1.51. The molecule has 1 fully saturated rings. The van der Waals surface area contributed by atoms with Gasteiger partial charge in [0.2, 0.25) is 5.91 Å². The van der Waals surface area contributed by atoms with Crippen LogP contribution < -0.4 is 16.6 Å². The van der Waals surface area contributed by atoms with Crippen LogP contribution in [0.5, 0.6) is 0 Å². The molecule has 4 rings (SSSR count). The van der Waals surface area contributed by atoms with Gasteiger partial charge in [0.15, 0.2) is 11.5 Å². The van der Waals surface area contributed by atoms with Crippen molar-refractivity contribution < 1.29 is 9.53 Å². The molecule has 11 heteroatoms. The van der Waals surface area contributed by atoms with Crippen LogP contribution in [0.3, 0.4) is 0 Å². The molecule has 1 N–H and O–H groups in total. The normalized spacial score (nSPS) is 14.5. The first kappa shape index (κ1) is 23.1. The average Bonchev–Trinajstić information content (AvgIpc) is 2.84. The van der Waals surface area contributed by atoms with Crippen LogP contribution in [0.25, 0.3) is 22.4 Å². The van der Waals surface area contributed by atoms with E-state index in [-0.39, 0.29) is 17.6 Å². The number of morpholine rings is 1. The summed E-state index contributed by atoms with van der Waals surface area (Å²) in [5.41, 5.74) is -0.308. The molecule has 174 valence electrons. The van der Waals surface area contributed by atoms with Gasteiger partial charge in [-0.1, -0.05) is 11.6 Å². The molecule has 2 aromatic heterocycles. The maximum atomic E-state index is 12.9. The van der Waals surface area contributed by atoms with Crippen molar-refractivity contribution in [1.82, 2.24) is 29.3 Å². The van der Waals surface area contributed by atoms with E-state index >= 15 is 0 Å². The van der Waals surface area contributed by atoms with Crippen LogP contribution in [0.2, 0.25) is 5.02 Å². The number of hydrogen-bond donors (Lipinski definition) is 1. The van der Waals surface area contributed by atoms with Crippen molar-refractivity contribution in [3.8, 4) is 11.4 Å². The van der Waals surface area contributed by atoms with Crippen LogP contribution in [-0.4, -0.2) is 69.3 Å². The van der Waals surface area contributed by atoms with E-state index < -0.39 is 17.2 Å². The molecule has 1 amide bonds. The number of hydrogen-bond acceptors (Lipinski definition) is 7. The van der Waals surface area contributed by atoms with Crippen molar-refractivity contribution in [1.29, 1.82) is 0 Å². The number of benzene rings is 1. The van der Waals surface area contributed by atoms with E-state index in [0.717, 1.165) is 43.8 Å². The summed E-state index contributed by atoms with van der Waals surface area (Å²) >= 11 is 5.93. The van der Waals surface area contributed by atoms with Crippen molar-refractivity contribution in [3.05, 3.63) is 56.3 Å². The Bertz CT molecular complexity index is 1260. The second-order valence-electron chi connectivity index (χ2n) is 7.83. The first-order valence-corrected chi connectivity index (χ1v) is 11.1. The number of aromatic nitrogens is 4. The highest BCUT2D eigenvalue weighted by Gasteiger charge is 2.16. The van der Waals surface area contributed by atoms with E-state index in [2.05, 4.69) is 20.2 Å². The number of nitrogens with zero attached hydrogens (tertiary/aromatic N) is 5. The number of carbonyl (C=O) groups excluding carboxylic acids is 1. The highest BCUT2D eigenvalue weighted by Crippen LogP contribution is 2.19. The van der Waals surface area contributed by atoms with Gasteiger partial charge in [-0.3, -0.25) is 23.6 Å². The third-order valence-corrected chi connectivity index (χ3v) is 5.81. The fourth-order valence-electron chi connectivity index (χ4n) is 3.72. The van der Waals surface area contributed by atoms with Crippen molar-refractivity contribution in [3.63, 3.8) is 0 Å². The smallest absolute Gasteiger partial charge is 0.332 e. The van der Waals surface area contributed by atoms with E-state index in [1.807, 2.05) is 0 Å². The van der Waals surface area contributed by atoms with Gasteiger partial charge in [-0.2, -0.15) is 0 Å². The molecule has 0 aliphatic carbocycles. The number of fused-ring (bicyclic) bond motifs is 1. The standard InChI is InChI=1S/C22H25ClN6O4/c1-27-20-17(13-25-19(26-20)15-3-5-16(23)6-4-15)21(31)29(22(27)32)14-18(30)24-7-2-8-28-9-11-33-12-10-28/h3-6,13H,2,7-12,14H2,1H3,(H,24,30). The fourth-order valence-corrected chi connectivity index (χ4v) is 3.84. The highest BCUT2D eigenvalue weighted by atomic mass is 35.5. The zero-order valence-electron chi connectivity index (χ0n) is 18.3. The van der Waals surface area contributed by atoms with Crippen molar-refractivity contribution >= 4 is 28.5 Å². The minimum Gasteiger partial charge on any atom is -0.379 e. The largest absolute Gasteiger partial charge is 0.379 e. The van der Waals surface area contributed by atoms with Crippen LogP contribution in [-0.2, 0) is 23.1 Å². The summed E-state index contributed by atoms with van der Waals surface area (Å²) in [5.74, 6) is -0.0291. The van der Waals surface area contributed by atoms with Gasteiger partial charge < -0.3 is 10.1 Å². The zero-order chi connectivity index (χ0) is 23.4. The first-order valence-electron chi connectivity index (χ1n) is 10.7. The number of amides is 1. The summed E-state index contributed by atoms with van der Waals surface area (Å²) in [4.78, 5) is 49.1. The number of ether oxygens (including phenoxy) is 1. The lowest BCUT2D eigenvalue weighted by Gasteiger charge is -2.26. The first-order chi connectivity index (χ1) is 15.9. The van der Waals surface area contributed by atoms with Crippen molar-refractivity contribution in [2.24, 2.45) is 7.05 Å². The van der Waals surface area contributed by atoms with Crippen molar-refractivity contribution in [2.45, 2.75) is 13.0 Å². The summed E-state index contributed by atoms with van der Waals surface area (Å²) in [6.45, 7) is 4.19. The van der Waals surface area contributed by atoms with Gasteiger partial charge in [0.1, 0.15) is 11.9 Å². The van der Waals surface area contributed by atoms with E-state index in [9.17, 15) is 14.4 Å². The molecule has 0 radical (unpaired) electrons. The lowest BCUT2D eigenvalue weighted by atomic mass is 10.2. The Morgan fingerprint density at radius 1 is 1.18 bits per heavy atom. The molecule has 10 nitrogen and oxygen atoms in total. The van der Waals surface area contributed by atoms with Gasteiger partial charge in [-0.25, -0.2) is 14.8 Å². The third kappa shape index (κ3) is 5.29. The summed E-state index contributed by atoms with van der Waals surface area (Å²) in [5, 5.41) is 3.52. The quantitative estimate of drug-likeness (QED) is 0.502. The van der Waals surface area contributed by atoms with E-state index in [0.29, 0.717) is 23.0 Å². The predicted molar refractivity (Wildman–Crippen MR) is 124 cm³/mol. The zero-order valence-corrected chi connectivity index (χ0v) is 19.0. The Hall–Kier alpha value is -3.08. The molecule has 0 saturated carbocycles. The molecule has 1 aliphatic rings. The number of aryl methyl sites for hydroxylation is 1. The SMILES string of the molecule is Cn1c(=O)n(CC(=O)NCCCN2CCOCC2)c(=O)c2cnc(-c3ccc(Cl)cc3)nc21. The predicted octanol–water partition coefficient (Wildman–Crippen LogP) is 0.649. The Labute approximate surface area is 194 Å². The molecule has 3 heterocycles. The van der Waals surface area contributed by atoms with Crippen LogP contribution >= 0.6 is 11.6 Å². The number of carbonyl (C=O) groups is 1. The fraction of sp³-hybridized carbons (Fsp3) is 0.409. The monoisotopic (exact) mass is 472 g/mol. The van der Waals surface area contributed by atoms with Crippen molar-refractivity contribution in [2.75, 3.05) is 39.4 Å². The summed E-state index contributed by atoms with van der Waals surface area (Å²) in [6.07, 6.45) is 2.16. The molecule has 0 unspecified atom stereocenters. The molecule has 1 aliphatic heterocycles. The van der Waals surface area contributed by atoms with Gasteiger partial charge in [0.25, 0.3) is 5.56 Å². The molecular weight excluding hydrogens is 448 g/mol. The lowest BCUT2D eigenvalue weighted by molar-refractivity contribution is -0.121. The van der Waals surface area contributed by atoms with Gasteiger partial charge in [-0.15, -0.1) is 0 Å². The van der Waals surface area contributed by atoms with Gasteiger partial charge in [-0.05, 0) is 37.2 Å². The number of nitrogens with one attached hydrogen (secondary N) is 1.